The fraction of sp³-hybridized carbons (Fsp3) is 0.533. The maximum Gasteiger partial charge on any atom is 0.325 e. The molecule has 102 valence electrons. The number of carbonyl (C=O) groups is 1. The number of benzene rings is 1. The Bertz CT molecular complexity index is 495. The van der Waals surface area contributed by atoms with Gasteiger partial charge in [-0.15, -0.1) is 0 Å². The van der Waals surface area contributed by atoms with E-state index in [9.17, 15) is 4.79 Å². The van der Waals surface area contributed by atoms with Crippen LogP contribution in [0.2, 0.25) is 0 Å². The molecule has 0 bridgehead atoms. The number of hydrogen-bond donors (Lipinski definition) is 2. The first-order valence-corrected chi connectivity index (χ1v) is 7.04. The predicted octanol–water partition coefficient (Wildman–Crippen LogP) is 2.08. The molecule has 1 aromatic rings. The molecule has 1 heterocycles. The van der Waals surface area contributed by atoms with Crippen LogP contribution in [0.15, 0.2) is 18.2 Å². The van der Waals surface area contributed by atoms with Crippen molar-refractivity contribution in [2.75, 3.05) is 11.4 Å². The molecule has 3 rings (SSSR count). The first-order valence-electron chi connectivity index (χ1n) is 7.04. The van der Waals surface area contributed by atoms with Crippen LogP contribution in [0.4, 0.5) is 5.69 Å². The average molecular weight is 260 g/mol. The Kier molecular flexibility index (Phi) is 3.19. The number of rotatable bonds is 3. The third kappa shape index (κ3) is 2.21. The maximum atomic E-state index is 10.9. The largest absolute Gasteiger partial charge is 0.480 e. The molecular weight excluding hydrogens is 240 g/mol. The molecular formula is C15H20N2O2. The van der Waals surface area contributed by atoms with Gasteiger partial charge in [0.2, 0.25) is 0 Å². The lowest BCUT2D eigenvalue weighted by Crippen LogP contribution is -2.31. The van der Waals surface area contributed by atoms with Gasteiger partial charge in [0.1, 0.15) is 6.04 Å². The van der Waals surface area contributed by atoms with Crippen molar-refractivity contribution in [2.45, 2.75) is 44.2 Å². The van der Waals surface area contributed by atoms with Crippen molar-refractivity contribution in [3.05, 3.63) is 29.3 Å². The predicted molar refractivity (Wildman–Crippen MR) is 74.3 cm³/mol. The fourth-order valence-corrected chi connectivity index (χ4v) is 3.38. The molecule has 19 heavy (non-hydrogen) atoms. The first kappa shape index (κ1) is 12.5. The molecule has 0 amide bonds. The minimum Gasteiger partial charge on any atom is -0.480 e. The second kappa shape index (κ2) is 4.85. The van der Waals surface area contributed by atoms with E-state index in [0.717, 1.165) is 13.0 Å². The highest BCUT2D eigenvalue weighted by Gasteiger charge is 2.29. The molecule has 0 unspecified atom stereocenters. The Morgan fingerprint density at radius 3 is 2.79 bits per heavy atom. The van der Waals surface area contributed by atoms with Crippen LogP contribution in [-0.4, -0.2) is 23.7 Å². The van der Waals surface area contributed by atoms with Crippen LogP contribution in [0.25, 0.3) is 0 Å². The van der Waals surface area contributed by atoms with Gasteiger partial charge in [-0.3, -0.25) is 4.79 Å². The summed E-state index contributed by atoms with van der Waals surface area (Å²) in [5.74, 6) is -0.967. The molecule has 1 aliphatic carbocycles. The molecule has 1 fully saturated rings. The molecule has 3 N–H and O–H groups in total. The summed E-state index contributed by atoms with van der Waals surface area (Å²) >= 11 is 0. The van der Waals surface area contributed by atoms with Gasteiger partial charge in [0.05, 0.1) is 0 Å². The van der Waals surface area contributed by atoms with Gasteiger partial charge in [0.15, 0.2) is 0 Å². The summed E-state index contributed by atoms with van der Waals surface area (Å²) in [5, 5.41) is 8.97. The summed E-state index contributed by atoms with van der Waals surface area (Å²) in [5.41, 5.74) is 8.92. The Labute approximate surface area is 113 Å². The Morgan fingerprint density at radius 2 is 2.11 bits per heavy atom. The van der Waals surface area contributed by atoms with E-state index in [1.165, 1.54) is 36.9 Å². The van der Waals surface area contributed by atoms with E-state index in [1.807, 2.05) is 12.1 Å². The van der Waals surface area contributed by atoms with Crippen LogP contribution in [0.3, 0.4) is 0 Å². The second-order valence-electron chi connectivity index (χ2n) is 5.59. The van der Waals surface area contributed by atoms with Gasteiger partial charge in [0, 0.05) is 18.3 Å². The van der Waals surface area contributed by atoms with Crippen LogP contribution in [0.1, 0.15) is 42.9 Å². The van der Waals surface area contributed by atoms with Gasteiger partial charge in [-0.25, -0.2) is 0 Å². The summed E-state index contributed by atoms with van der Waals surface area (Å²) < 4.78 is 0. The number of fused-ring (bicyclic) bond motifs is 1. The molecule has 1 atom stereocenters. The summed E-state index contributed by atoms with van der Waals surface area (Å²) in [4.78, 5) is 13.4. The minimum absolute atomic E-state index is 0.681. The summed E-state index contributed by atoms with van der Waals surface area (Å²) in [6.45, 7) is 1.06. The monoisotopic (exact) mass is 260 g/mol. The number of nitrogens with two attached hydrogens (primary N) is 1. The van der Waals surface area contributed by atoms with E-state index in [4.69, 9.17) is 10.8 Å². The normalized spacial score (nSPS) is 20.6. The summed E-state index contributed by atoms with van der Waals surface area (Å²) in [7, 11) is 0. The molecule has 0 aromatic heterocycles. The lowest BCUT2D eigenvalue weighted by molar-refractivity contribution is -0.138. The van der Waals surface area contributed by atoms with Crippen molar-refractivity contribution in [3.63, 3.8) is 0 Å². The Morgan fingerprint density at radius 1 is 1.37 bits per heavy atom. The zero-order valence-corrected chi connectivity index (χ0v) is 11.0. The average Bonchev–Trinajstić information content (AvgIpc) is 3.05. The lowest BCUT2D eigenvalue weighted by Gasteiger charge is -2.27. The highest BCUT2D eigenvalue weighted by molar-refractivity contribution is 5.76. The molecule has 4 nitrogen and oxygen atoms in total. The van der Waals surface area contributed by atoms with Crippen LogP contribution < -0.4 is 10.6 Å². The number of aliphatic carboxylic acids is 1. The van der Waals surface area contributed by atoms with E-state index in [0.29, 0.717) is 11.6 Å². The highest BCUT2D eigenvalue weighted by atomic mass is 16.4. The summed E-state index contributed by atoms with van der Waals surface area (Å²) in [6.07, 6.45) is 6.24. The van der Waals surface area contributed by atoms with Crippen molar-refractivity contribution in [1.82, 2.24) is 0 Å². The molecule has 0 radical (unpaired) electrons. The van der Waals surface area contributed by atoms with Gasteiger partial charge < -0.3 is 15.7 Å². The van der Waals surface area contributed by atoms with Crippen LogP contribution in [0, 0.1) is 0 Å². The van der Waals surface area contributed by atoms with E-state index in [-0.39, 0.29) is 0 Å². The molecule has 0 spiro atoms. The van der Waals surface area contributed by atoms with Gasteiger partial charge >= 0.3 is 5.97 Å². The molecule has 1 saturated carbocycles. The Hall–Kier alpha value is -1.55. The van der Waals surface area contributed by atoms with Crippen molar-refractivity contribution >= 4 is 11.7 Å². The molecule has 1 aromatic carbocycles. The lowest BCUT2D eigenvalue weighted by atomic mass is 10.0. The van der Waals surface area contributed by atoms with Gasteiger partial charge in [-0.2, -0.15) is 0 Å². The highest BCUT2D eigenvalue weighted by Crippen LogP contribution is 2.36. The molecule has 1 aliphatic heterocycles. The van der Waals surface area contributed by atoms with Gasteiger partial charge in [0.25, 0.3) is 0 Å². The standard InChI is InChI=1S/C15H20N2O2/c16-14(15(18)19)11-5-6-13-10(9-11)7-8-17(13)12-3-1-2-4-12/h5-6,9,12,14H,1-4,7-8,16H2,(H,18,19)/t14-/m0/s1. The fourth-order valence-electron chi connectivity index (χ4n) is 3.38. The zero-order chi connectivity index (χ0) is 13.4. The molecule has 4 heteroatoms. The number of carboxylic acids is 1. The third-order valence-electron chi connectivity index (χ3n) is 4.43. The van der Waals surface area contributed by atoms with Crippen molar-refractivity contribution < 1.29 is 9.90 Å². The number of carboxylic acid groups (broad SMARTS) is 1. The van der Waals surface area contributed by atoms with Crippen LogP contribution in [-0.2, 0) is 11.2 Å². The maximum absolute atomic E-state index is 10.9. The van der Waals surface area contributed by atoms with Gasteiger partial charge in [-0.05, 0) is 36.5 Å². The van der Waals surface area contributed by atoms with Gasteiger partial charge in [-0.1, -0.05) is 25.0 Å². The van der Waals surface area contributed by atoms with Crippen LogP contribution in [0.5, 0.6) is 0 Å². The Balaban J connectivity index is 1.85. The number of nitrogens with zero attached hydrogens (tertiary/aromatic N) is 1. The zero-order valence-electron chi connectivity index (χ0n) is 11.0. The third-order valence-corrected chi connectivity index (χ3v) is 4.43. The van der Waals surface area contributed by atoms with Crippen molar-refractivity contribution in [2.24, 2.45) is 5.73 Å². The topological polar surface area (TPSA) is 66.6 Å². The first-order chi connectivity index (χ1) is 9.16. The van der Waals surface area contributed by atoms with Crippen LogP contribution >= 0.6 is 0 Å². The summed E-state index contributed by atoms with van der Waals surface area (Å²) in [6, 6.07) is 5.67. The molecule has 2 aliphatic rings. The second-order valence-corrected chi connectivity index (χ2v) is 5.59. The molecule has 0 saturated heterocycles. The smallest absolute Gasteiger partial charge is 0.325 e. The van der Waals surface area contributed by atoms with E-state index in [2.05, 4.69) is 11.0 Å². The quantitative estimate of drug-likeness (QED) is 0.873. The van der Waals surface area contributed by atoms with E-state index < -0.39 is 12.0 Å². The van der Waals surface area contributed by atoms with E-state index in [1.54, 1.807) is 0 Å². The van der Waals surface area contributed by atoms with Crippen molar-refractivity contribution in [3.8, 4) is 0 Å². The number of hydrogen-bond acceptors (Lipinski definition) is 3. The van der Waals surface area contributed by atoms with Crippen molar-refractivity contribution in [1.29, 1.82) is 0 Å². The number of anilines is 1. The SMILES string of the molecule is N[C@H](C(=O)O)c1ccc2c(c1)CCN2C1CCCC1. The minimum atomic E-state index is -0.967. The van der Waals surface area contributed by atoms with E-state index >= 15 is 0 Å².